The number of nitrogens with zero attached hydrogens (tertiary/aromatic N) is 4. The molecule has 1 aromatic heterocycles. The smallest absolute Gasteiger partial charge is 0.316 e. The van der Waals surface area contributed by atoms with Crippen molar-refractivity contribution < 1.29 is 19.7 Å². The van der Waals surface area contributed by atoms with Crippen LogP contribution in [0.25, 0.3) is 0 Å². The van der Waals surface area contributed by atoms with Gasteiger partial charge in [-0.3, -0.25) is 4.79 Å². The Bertz CT molecular complexity index is 914. The SMILES string of the molecule is CC(C)c1cc(C(=O)N2CCc3nc(OCCCN(C)C)ncc3C2)c(O)cc1O. The van der Waals surface area contributed by atoms with E-state index in [4.69, 9.17) is 4.74 Å². The first-order valence-corrected chi connectivity index (χ1v) is 10.2. The number of phenolic OH excluding ortho intramolecular Hbond substituents is 2. The molecule has 0 aliphatic carbocycles. The second kappa shape index (κ2) is 9.30. The number of hydrogen-bond donors (Lipinski definition) is 2. The molecule has 0 saturated carbocycles. The standard InChI is InChI=1S/C22H30N4O4/c1-14(2)16-10-17(20(28)11-19(16)27)21(29)26-8-6-18-15(13-26)12-23-22(24-18)30-9-5-7-25(3)4/h10-12,14,27-28H,5-9,13H2,1-4H3. The van der Waals surface area contributed by atoms with Crippen molar-refractivity contribution in [2.45, 2.75) is 39.2 Å². The number of hydrogen-bond acceptors (Lipinski definition) is 7. The van der Waals surface area contributed by atoms with E-state index in [1.807, 2.05) is 27.9 Å². The van der Waals surface area contributed by atoms with Gasteiger partial charge in [0.15, 0.2) is 0 Å². The highest BCUT2D eigenvalue weighted by atomic mass is 16.5. The third-order valence-corrected chi connectivity index (χ3v) is 5.18. The topological polar surface area (TPSA) is 99.0 Å². The lowest BCUT2D eigenvalue weighted by molar-refractivity contribution is 0.0729. The number of aromatic nitrogens is 2. The monoisotopic (exact) mass is 414 g/mol. The van der Waals surface area contributed by atoms with Crippen molar-refractivity contribution in [2.24, 2.45) is 0 Å². The molecule has 0 atom stereocenters. The first kappa shape index (κ1) is 21.8. The summed E-state index contributed by atoms with van der Waals surface area (Å²) < 4.78 is 5.64. The Morgan fingerprint density at radius 2 is 2.03 bits per heavy atom. The summed E-state index contributed by atoms with van der Waals surface area (Å²) in [5, 5.41) is 20.2. The first-order valence-electron chi connectivity index (χ1n) is 10.2. The number of ether oxygens (including phenoxy) is 1. The first-order chi connectivity index (χ1) is 14.3. The number of fused-ring (bicyclic) bond motifs is 1. The summed E-state index contributed by atoms with van der Waals surface area (Å²) in [4.78, 5) is 25.6. The molecule has 8 heteroatoms. The minimum Gasteiger partial charge on any atom is -0.508 e. The molecule has 0 unspecified atom stereocenters. The summed E-state index contributed by atoms with van der Waals surface area (Å²) in [7, 11) is 4.04. The predicted molar refractivity (Wildman–Crippen MR) is 113 cm³/mol. The fraction of sp³-hybridized carbons (Fsp3) is 0.500. The molecule has 0 fully saturated rings. The zero-order chi connectivity index (χ0) is 21.8. The van der Waals surface area contributed by atoms with Crippen LogP contribution in [0.3, 0.4) is 0 Å². The van der Waals surface area contributed by atoms with Crippen LogP contribution in [0.15, 0.2) is 18.3 Å². The van der Waals surface area contributed by atoms with E-state index in [-0.39, 0.29) is 28.9 Å². The van der Waals surface area contributed by atoms with Gasteiger partial charge in [-0.25, -0.2) is 4.98 Å². The van der Waals surface area contributed by atoms with Crippen molar-refractivity contribution in [3.63, 3.8) is 0 Å². The van der Waals surface area contributed by atoms with E-state index in [1.54, 1.807) is 17.2 Å². The van der Waals surface area contributed by atoms with Crippen LogP contribution in [0, 0.1) is 0 Å². The number of amides is 1. The zero-order valence-electron chi connectivity index (χ0n) is 18.1. The maximum Gasteiger partial charge on any atom is 0.316 e. The lowest BCUT2D eigenvalue weighted by Gasteiger charge is -2.28. The van der Waals surface area contributed by atoms with E-state index >= 15 is 0 Å². The Hall–Kier alpha value is -2.87. The number of carbonyl (C=O) groups is 1. The predicted octanol–water partition coefficient (Wildman–Crippen LogP) is 2.54. The van der Waals surface area contributed by atoms with Crippen molar-refractivity contribution in [1.29, 1.82) is 0 Å². The van der Waals surface area contributed by atoms with Crippen molar-refractivity contribution in [1.82, 2.24) is 19.8 Å². The number of aromatic hydroxyl groups is 2. The quantitative estimate of drug-likeness (QED) is 0.672. The minimum absolute atomic E-state index is 0.00505. The van der Waals surface area contributed by atoms with Crippen molar-refractivity contribution >= 4 is 5.91 Å². The number of rotatable bonds is 7. The summed E-state index contributed by atoms with van der Waals surface area (Å²) in [6, 6.07) is 3.18. The van der Waals surface area contributed by atoms with Gasteiger partial charge in [0.2, 0.25) is 0 Å². The highest BCUT2D eigenvalue weighted by Gasteiger charge is 2.26. The Morgan fingerprint density at radius 1 is 1.27 bits per heavy atom. The number of benzene rings is 1. The highest BCUT2D eigenvalue weighted by molar-refractivity contribution is 5.97. The summed E-state index contributed by atoms with van der Waals surface area (Å²) in [6.45, 7) is 6.20. The average molecular weight is 415 g/mol. The Kier molecular flexibility index (Phi) is 6.77. The third kappa shape index (κ3) is 4.99. The lowest BCUT2D eigenvalue weighted by Crippen LogP contribution is -2.36. The van der Waals surface area contributed by atoms with Gasteiger partial charge in [0.1, 0.15) is 11.5 Å². The summed E-state index contributed by atoms with van der Waals surface area (Å²) in [6.07, 6.45) is 3.19. The van der Waals surface area contributed by atoms with Gasteiger partial charge in [-0.05, 0) is 38.1 Å². The average Bonchev–Trinajstić information content (AvgIpc) is 2.70. The van der Waals surface area contributed by atoms with Crippen molar-refractivity contribution in [2.75, 3.05) is 33.8 Å². The molecule has 1 aliphatic rings. The van der Waals surface area contributed by atoms with Gasteiger partial charge in [-0.1, -0.05) is 13.8 Å². The second-order valence-electron chi connectivity index (χ2n) is 8.19. The van der Waals surface area contributed by atoms with Gasteiger partial charge < -0.3 is 24.7 Å². The summed E-state index contributed by atoms with van der Waals surface area (Å²) >= 11 is 0. The lowest BCUT2D eigenvalue weighted by atomic mass is 9.97. The van der Waals surface area contributed by atoms with E-state index in [1.165, 1.54) is 6.07 Å². The van der Waals surface area contributed by atoms with Crippen LogP contribution in [0.4, 0.5) is 0 Å². The van der Waals surface area contributed by atoms with E-state index in [9.17, 15) is 15.0 Å². The van der Waals surface area contributed by atoms with Gasteiger partial charge in [0.25, 0.3) is 5.91 Å². The van der Waals surface area contributed by atoms with Crippen LogP contribution >= 0.6 is 0 Å². The van der Waals surface area contributed by atoms with Crippen LogP contribution < -0.4 is 4.74 Å². The van der Waals surface area contributed by atoms with Gasteiger partial charge in [-0.15, -0.1) is 0 Å². The second-order valence-corrected chi connectivity index (χ2v) is 8.19. The molecule has 1 aromatic carbocycles. The van der Waals surface area contributed by atoms with Crippen LogP contribution in [-0.4, -0.2) is 69.7 Å². The van der Waals surface area contributed by atoms with E-state index in [0.717, 1.165) is 24.2 Å². The number of phenols is 2. The molecule has 1 amide bonds. The Labute approximate surface area is 177 Å². The fourth-order valence-corrected chi connectivity index (χ4v) is 3.48. The summed E-state index contributed by atoms with van der Waals surface area (Å²) in [5.74, 6) is -0.465. The van der Waals surface area contributed by atoms with Gasteiger partial charge >= 0.3 is 6.01 Å². The van der Waals surface area contributed by atoms with E-state index < -0.39 is 0 Å². The maximum atomic E-state index is 13.0. The normalized spacial score (nSPS) is 13.6. The minimum atomic E-state index is -0.274. The van der Waals surface area contributed by atoms with Gasteiger partial charge in [0.05, 0.1) is 17.9 Å². The summed E-state index contributed by atoms with van der Waals surface area (Å²) in [5.41, 5.74) is 2.58. The molecule has 8 nitrogen and oxygen atoms in total. The molecule has 2 N–H and O–H groups in total. The number of carbonyl (C=O) groups excluding carboxylic acids is 1. The molecule has 0 bridgehead atoms. The van der Waals surface area contributed by atoms with E-state index in [2.05, 4.69) is 14.9 Å². The van der Waals surface area contributed by atoms with Crippen molar-refractivity contribution in [3.8, 4) is 17.5 Å². The third-order valence-electron chi connectivity index (χ3n) is 5.18. The largest absolute Gasteiger partial charge is 0.508 e. The molecular formula is C22H30N4O4. The maximum absolute atomic E-state index is 13.0. The molecule has 2 aromatic rings. The van der Waals surface area contributed by atoms with Crippen molar-refractivity contribution in [3.05, 3.63) is 40.7 Å². The van der Waals surface area contributed by atoms with Crippen LogP contribution in [0.5, 0.6) is 17.5 Å². The molecular weight excluding hydrogens is 384 g/mol. The van der Waals surface area contributed by atoms with E-state index in [0.29, 0.717) is 37.7 Å². The molecule has 0 saturated heterocycles. The van der Waals surface area contributed by atoms with Gasteiger partial charge in [-0.2, -0.15) is 4.98 Å². The molecule has 162 valence electrons. The molecule has 0 spiro atoms. The Morgan fingerprint density at radius 3 is 2.73 bits per heavy atom. The molecule has 0 radical (unpaired) electrons. The zero-order valence-corrected chi connectivity index (χ0v) is 18.1. The van der Waals surface area contributed by atoms with Crippen LogP contribution in [-0.2, 0) is 13.0 Å². The molecule has 3 rings (SSSR count). The van der Waals surface area contributed by atoms with Gasteiger partial charge in [0, 0.05) is 43.9 Å². The highest BCUT2D eigenvalue weighted by Crippen LogP contribution is 2.33. The fourth-order valence-electron chi connectivity index (χ4n) is 3.48. The van der Waals surface area contributed by atoms with Crippen LogP contribution in [0.2, 0.25) is 0 Å². The van der Waals surface area contributed by atoms with Crippen LogP contribution in [0.1, 0.15) is 53.4 Å². The molecule has 2 heterocycles. The Balaban J connectivity index is 1.69. The molecule has 1 aliphatic heterocycles. The molecule has 30 heavy (non-hydrogen) atoms.